The standard InChI is InChI=1S/C4H7NO2.C2H6.V/c6-4-5-2-1-3-7-4;1-2;/h1-3H2,(H,5,6);1-2H3;/p-1. The maximum Gasteiger partial charge on any atom is 0.229 e. The summed E-state index contributed by atoms with van der Waals surface area (Å²) >= 11 is 0. The van der Waals surface area contributed by atoms with Gasteiger partial charge >= 0.3 is 0 Å². The van der Waals surface area contributed by atoms with Crippen LogP contribution in [0.25, 0.3) is 5.32 Å². The number of carbonyl (C=O) groups excluding carboxylic acids is 1. The van der Waals surface area contributed by atoms with E-state index < -0.39 is 6.09 Å². The second-order valence-corrected chi connectivity index (χ2v) is 1.35. The Bertz CT molecular complexity index is 79.8. The zero-order chi connectivity index (χ0) is 7.11. The van der Waals surface area contributed by atoms with Gasteiger partial charge in [-0.3, -0.25) is 4.79 Å². The Balaban J connectivity index is 0. The summed E-state index contributed by atoms with van der Waals surface area (Å²) in [4.78, 5) is 10.1. The van der Waals surface area contributed by atoms with E-state index in [1.165, 1.54) is 0 Å². The van der Waals surface area contributed by atoms with Gasteiger partial charge in [-0.05, 0) is 6.42 Å². The molecule has 1 saturated heterocycles. The molecule has 1 fully saturated rings. The van der Waals surface area contributed by atoms with E-state index in [1.807, 2.05) is 13.8 Å². The maximum atomic E-state index is 10.1. The SMILES string of the molecule is CC.O=C1[N-]CCCO1.[V]. The van der Waals surface area contributed by atoms with Gasteiger partial charge in [0.1, 0.15) is 0 Å². The average Bonchev–Trinajstić information content (AvgIpc) is 1.94. The normalized spacial score (nSPS) is 14.8. The molecule has 0 bridgehead atoms. The molecule has 0 unspecified atom stereocenters. The molecular formula is C6H12NO2V-. The minimum atomic E-state index is -0.411. The Labute approximate surface area is 73.4 Å². The molecule has 0 aromatic heterocycles. The number of carbonyl (C=O) groups is 1. The summed E-state index contributed by atoms with van der Waals surface area (Å²) in [5.41, 5.74) is 0. The van der Waals surface area contributed by atoms with E-state index in [1.54, 1.807) is 0 Å². The van der Waals surface area contributed by atoms with Gasteiger partial charge in [-0.2, -0.15) is 0 Å². The summed E-state index contributed by atoms with van der Waals surface area (Å²) in [6, 6.07) is 0. The van der Waals surface area contributed by atoms with Crippen molar-refractivity contribution in [3.63, 3.8) is 0 Å². The molecule has 0 saturated carbocycles. The van der Waals surface area contributed by atoms with Crippen molar-refractivity contribution in [2.24, 2.45) is 0 Å². The Kier molecular flexibility index (Phi) is 11.1. The summed E-state index contributed by atoms with van der Waals surface area (Å²) in [5.74, 6) is 0. The van der Waals surface area contributed by atoms with Gasteiger partial charge in [-0.15, -0.1) is 6.54 Å². The van der Waals surface area contributed by atoms with E-state index in [0.29, 0.717) is 13.2 Å². The van der Waals surface area contributed by atoms with Crippen LogP contribution in [0.4, 0.5) is 4.79 Å². The molecule has 0 atom stereocenters. The molecule has 0 spiro atoms. The number of rotatable bonds is 0. The Morgan fingerprint density at radius 1 is 1.50 bits per heavy atom. The molecule has 4 heteroatoms. The van der Waals surface area contributed by atoms with Crippen LogP contribution >= 0.6 is 0 Å². The van der Waals surface area contributed by atoms with Gasteiger partial charge in [-0.25, -0.2) is 0 Å². The number of cyclic esters (lactones) is 1. The third kappa shape index (κ3) is 5.98. The maximum absolute atomic E-state index is 10.1. The average molecular weight is 181 g/mol. The number of nitrogens with zero attached hydrogens (tertiary/aromatic N) is 1. The van der Waals surface area contributed by atoms with Crippen LogP contribution in [0.1, 0.15) is 20.3 Å². The van der Waals surface area contributed by atoms with Crippen LogP contribution in [0.15, 0.2) is 0 Å². The molecule has 10 heavy (non-hydrogen) atoms. The molecule has 1 amide bonds. The van der Waals surface area contributed by atoms with Crippen molar-refractivity contribution in [2.45, 2.75) is 20.3 Å². The van der Waals surface area contributed by atoms with Crippen molar-refractivity contribution >= 4 is 6.09 Å². The molecule has 1 aliphatic heterocycles. The van der Waals surface area contributed by atoms with Crippen LogP contribution in [-0.2, 0) is 23.3 Å². The van der Waals surface area contributed by atoms with Crippen LogP contribution in [0.2, 0.25) is 0 Å². The summed E-state index contributed by atoms with van der Waals surface area (Å²) in [6.45, 7) is 5.18. The van der Waals surface area contributed by atoms with Crippen LogP contribution < -0.4 is 0 Å². The zero-order valence-corrected chi connectivity index (χ0v) is 7.73. The van der Waals surface area contributed by atoms with Crippen molar-refractivity contribution < 1.29 is 28.1 Å². The van der Waals surface area contributed by atoms with E-state index in [-0.39, 0.29) is 18.6 Å². The summed E-state index contributed by atoms with van der Waals surface area (Å²) < 4.78 is 4.47. The monoisotopic (exact) mass is 181 g/mol. The van der Waals surface area contributed by atoms with Gasteiger partial charge < -0.3 is 10.1 Å². The van der Waals surface area contributed by atoms with Gasteiger partial charge in [-0.1, -0.05) is 13.8 Å². The first-order valence-electron chi connectivity index (χ1n) is 3.24. The molecule has 0 aliphatic carbocycles. The second-order valence-electron chi connectivity index (χ2n) is 1.35. The number of hydrogen-bond acceptors (Lipinski definition) is 2. The van der Waals surface area contributed by atoms with Crippen molar-refractivity contribution in [2.75, 3.05) is 13.2 Å². The molecule has 1 radical (unpaired) electrons. The van der Waals surface area contributed by atoms with Crippen molar-refractivity contribution in [1.82, 2.24) is 0 Å². The molecular weight excluding hydrogens is 169 g/mol. The third-order valence-corrected chi connectivity index (χ3v) is 0.769. The fourth-order valence-corrected chi connectivity index (χ4v) is 0.440. The van der Waals surface area contributed by atoms with E-state index in [4.69, 9.17) is 0 Å². The fraction of sp³-hybridized carbons (Fsp3) is 0.833. The van der Waals surface area contributed by atoms with Crippen molar-refractivity contribution in [3.05, 3.63) is 5.32 Å². The third-order valence-electron chi connectivity index (χ3n) is 0.769. The van der Waals surface area contributed by atoms with Gasteiger partial charge in [0, 0.05) is 18.6 Å². The Morgan fingerprint density at radius 2 is 2.10 bits per heavy atom. The van der Waals surface area contributed by atoms with Crippen molar-refractivity contribution in [3.8, 4) is 0 Å². The minimum absolute atomic E-state index is 0. The molecule has 3 nitrogen and oxygen atoms in total. The quantitative estimate of drug-likeness (QED) is 0.572. The summed E-state index contributed by atoms with van der Waals surface area (Å²) in [6.07, 6.45) is 0.470. The van der Waals surface area contributed by atoms with Crippen LogP contribution in [0.5, 0.6) is 0 Å². The van der Waals surface area contributed by atoms with Gasteiger partial charge in [0.05, 0.1) is 6.61 Å². The molecule has 0 aromatic rings. The summed E-state index contributed by atoms with van der Waals surface area (Å²) in [7, 11) is 0. The molecule has 59 valence electrons. The van der Waals surface area contributed by atoms with Crippen LogP contribution in [-0.4, -0.2) is 19.2 Å². The largest absolute Gasteiger partial charge is 0.617 e. The van der Waals surface area contributed by atoms with Crippen LogP contribution in [0.3, 0.4) is 0 Å². The molecule has 1 heterocycles. The molecule has 1 aliphatic rings. The Hall–Kier alpha value is -0.146. The fourth-order valence-electron chi connectivity index (χ4n) is 0.440. The van der Waals surface area contributed by atoms with Gasteiger partial charge in [0.15, 0.2) is 0 Å². The Morgan fingerprint density at radius 3 is 2.30 bits per heavy atom. The van der Waals surface area contributed by atoms with Crippen LogP contribution in [0, 0.1) is 0 Å². The zero-order valence-electron chi connectivity index (χ0n) is 6.33. The van der Waals surface area contributed by atoms with Gasteiger partial charge in [0.2, 0.25) is 6.09 Å². The number of ether oxygens (including phenoxy) is 1. The first-order valence-corrected chi connectivity index (χ1v) is 3.24. The second kappa shape index (κ2) is 8.85. The van der Waals surface area contributed by atoms with Gasteiger partial charge in [0.25, 0.3) is 0 Å². The predicted molar refractivity (Wildman–Crippen MR) is 35.5 cm³/mol. The molecule has 0 aromatic carbocycles. The van der Waals surface area contributed by atoms with E-state index >= 15 is 0 Å². The predicted octanol–water partition coefficient (Wildman–Crippen LogP) is 1.92. The van der Waals surface area contributed by atoms with E-state index in [9.17, 15) is 4.79 Å². The number of hydrogen-bond donors (Lipinski definition) is 0. The van der Waals surface area contributed by atoms with Crippen molar-refractivity contribution in [1.29, 1.82) is 0 Å². The number of amides is 1. The first kappa shape index (κ1) is 12.5. The first-order chi connectivity index (χ1) is 4.39. The van der Waals surface area contributed by atoms with E-state index in [2.05, 4.69) is 10.1 Å². The van der Waals surface area contributed by atoms with E-state index in [0.717, 1.165) is 6.42 Å². The summed E-state index contributed by atoms with van der Waals surface area (Å²) in [5, 5.41) is 3.47. The molecule has 1 rings (SSSR count). The molecule has 0 N–H and O–H groups in total. The smallest absolute Gasteiger partial charge is 0.229 e. The topological polar surface area (TPSA) is 40.4 Å². The minimum Gasteiger partial charge on any atom is -0.617 e.